The standard InChI is InChI=1S/C12H13ClO3S/c13-10-5-3-4-9(8-10)12(14)11-6-1-2-7-17(11,15)16/h3-5,8,11H,1-2,6-7H2. The van der Waals surface area contributed by atoms with Crippen molar-refractivity contribution < 1.29 is 13.2 Å². The molecular weight excluding hydrogens is 260 g/mol. The fourth-order valence-electron chi connectivity index (χ4n) is 2.08. The molecule has 17 heavy (non-hydrogen) atoms. The summed E-state index contributed by atoms with van der Waals surface area (Å²) >= 11 is 5.80. The van der Waals surface area contributed by atoms with Gasteiger partial charge in [-0.25, -0.2) is 8.42 Å². The molecule has 3 nitrogen and oxygen atoms in total. The molecule has 1 heterocycles. The monoisotopic (exact) mass is 272 g/mol. The maximum Gasteiger partial charge on any atom is 0.181 e. The van der Waals surface area contributed by atoms with Gasteiger partial charge in [-0.05, 0) is 25.0 Å². The van der Waals surface area contributed by atoms with Crippen LogP contribution in [0.15, 0.2) is 24.3 Å². The van der Waals surface area contributed by atoms with Gasteiger partial charge in [0, 0.05) is 10.6 Å². The van der Waals surface area contributed by atoms with Gasteiger partial charge in [0.25, 0.3) is 0 Å². The molecule has 1 saturated heterocycles. The quantitative estimate of drug-likeness (QED) is 0.777. The van der Waals surface area contributed by atoms with Crippen LogP contribution in [0.2, 0.25) is 5.02 Å². The van der Waals surface area contributed by atoms with Gasteiger partial charge in [0.05, 0.1) is 5.75 Å². The largest absolute Gasteiger partial charge is 0.293 e. The van der Waals surface area contributed by atoms with Gasteiger partial charge in [0.15, 0.2) is 15.6 Å². The Labute approximate surface area is 106 Å². The van der Waals surface area contributed by atoms with Crippen molar-refractivity contribution in [1.29, 1.82) is 0 Å². The lowest BCUT2D eigenvalue weighted by molar-refractivity contribution is 0.0981. The Morgan fingerprint density at radius 2 is 2.06 bits per heavy atom. The van der Waals surface area contributed by atoms with E-state index in [2.05, 4.69) is 0 Å². The predicted molar refractivity (Wildman–Crippen MR) is 67.2 cm³/mol. The number of hydrogen-bond acceptors (Lipinski definition) is 3. The second-order valence-electron chi connectivity index (χ2n) is 4.23. The maximum absolute atomic E-state index is 12.1. The Kier molecular flexibility index (Phi) is 3.54. The van der Waals surface area contributed by atoms with Crippen molar-refractivity contribution in [3.8, 4) is 0 Å². The van der Waals surface area contributed by atoms with E-state index in [-0.39, 0.29) is 11.5 Å². The lowest BCUT2D eigenvalue weighted by atomic mass is 10.0. The Bertz CT molecular complexity index is 536. The molecule has 0 aromatic heterocycles. The van der Waals surface area contributed by atoms with Gasteiger partial charge < -0.3 is 0 Å². The molecule has 1 aromatic carbocycles. The highest BCUT2D eigenvalue weighted by atomic mass is 35.5. The Hall–Kier alpha value is -0.870. The normalized spacial score (nSPS) is 23.2. The van der Waals surface area contributed by atoms with Gasteiger partial charge >= 0.3 is 0 Å². The van der Waals surface area contributed by atoms with Crippen LogP contribution < -0.4 is 0 Å². The molecule has 0 saturated carbocycles. The SMILES string of the molecule is O=C(c1cccc(Cl)c1)C1CCCCS1(=O)=O. The van der Waals surface area contributed by atoms with E-state index < -0.39 is 15.1 Å². The van der Waals surface area contributed by atoms with Gasteiger partial charge in [-0.15, -0.1) is 0 Å². The molecule has 0 bridgehead atoms. The number of Topliss-reactive ketones (excluding diaryl/α,β-unsaturated/α-hetero) is 1. The lowest BCUT2D eigenvalue weighted by Gasteiger charge is -2.21. The molecule has 0 radical (unpaired) electrons. The first kappa shape index (κ1) is 12.6. The van der Waals surface area contributed by atoms with Gasteiger partial charge in [-0.2, -0.15) is 0 Å². The number of halogens is 1. The summed E-state index contributed by atoms with van der Waals surface area (Å²) < 4.78 is 23.7. The first-order valence-electron chi connectivity index (χ1n) is 5.52. The van der Waals surface area contributed by atoms with Crippen LogP contribution in [0.3, 0.4) is 0 Å². The van der Waals surface area contributed by atoms with Crippen molar-refractivity contribution in [3.05, 3.63) is 34.9 Å². The molecule has 1 aliphatic heterocycles. The highest BCUT2D eigenvalue weighted by Gasteiger charge is 2.35. The van der Waals surface area contributed by atoms with E-state index in [1.54, 1.807) is 18.2 Å². The third-order valence-corrected chi connectivity index (χ3v) is 5.39. The fraction of sp³-hybridized carbons (Fsp3) is 0.417. The minimum atomic E-state index is -3.28. The third kappa shape index (κ3) is 2.69. The summed E-state index contributed by atoms with van der Waals surface area (Å²) in [6.07, 6.45) is 1.87. The molecule has 0 amide bonds. The molecule has 0 N–H and O–H groups in total. The summed E-state index contributed by atoms with van der Waals surface area (Å²) in [5, 5.41) is -0.432. The summed E-state index contributed by atoms with van der Waals surface area (Å²) in [4.78, 5) is 12.1. The molecule has 1 atom stereocenters. The van der Waals surface area contributed by atoms with Crippen molar-refractivity contribution in [1.82, 2.24) is 0 Å². The van der Waals surface area contributed by atoms with Crippen LogP contribution in [0.25, 0.3) is 0 Å². The molecule has 1 unspecified atom stereocenters. The second-order valence-corrected chi connectivity index (χ2v) is 6.97. The maximum atomic E-state index is 12.1. The molecule has 2 rings (SSSR count). The number of rotatable bonds is 2. The van der Waals surface area contributed by atoms with Crippen LogP contribution in [0.1, 0.15) is 29.6 Å². The van der Waals surface area contributed by atoms with E-state index >= 15 is 0 Å². The Morgan fingerprint density at radius 3 is 2.71 bits per heavy atom. The number of hydrogen-bond donors (Lipinski definition) is 0. The zero-order valence-corrected chi connectivity index (χ0v) is 10.8. The third-order valence-electron chi connectivity index (χ3n) is 2.98. The first-order chi connectivity index (χ1) is 8.00. The zero-order valence-electron chi connectivity index (χ0n) is 9.23. The molecule has 0 spiro atoms. The van der Waals surface area contributed by atoms with E-state index in [1.807, 2.05) is 0 Å². The van der Waals surface area contributed by atoms with Crippen LogP contribution in [0, 0.1) is 0 Å². The van der Waals surface area contributed by atoms with Crippen molar-refractivity contribution in [2.75, 3.05) is 5.75 Å². The van der Waals surface area contributed by atoms with Crippen molar-refractivity contribution in [2.45, 2.75) is 24.5 Å². The number of benzene rings is 1. The lowest BCUT2D eigenvalue weighted by Crippen LogP contribution is -2.35. The summed E-state index contributed by atoms with van der Waals surface area (Å²) in [6, 6.07) is 6.45. The highest BCUT2D eigenvalue weighted by molar-refractivity contribution is 7.92. The minimum Gasteiger partial charge on any atom is -0.293 e. The van der Waals surface area contributed by atoms with Crippen LogP contribution in [-0.4, -0.2) is 25.2 Å². The Balaban J connectivity index is 2.31. The predicted octanol–water partition coefficient (Wildman–Crippen LogP) is 2.49. The summed E-state index contributed by atoms with van der Waals surface area (Å²) in [5.74, 6) is -0.212. The molecule has 92 valence electrons. The average Bonchev–Trinajstić information content (AvgIpc) is 2.27. The topological polar surface area (TPSA) is 51.2 Å². The second kappa shape index (κ2) is 4.78. The summed E-state index contributed by atoms with van der Waals surface area (Å²) in [7, 11) is -3.28. The molecule has 1 aromatic rings. The fourth-order valence-corrected chi connectivity index (χ4v) is 4.15. The molecular formula is C12H13ClO3S. The van der Waals surface area contributed by atoms with Crippen LogP contribution in [-0.2, 0) is 9.84 Å². The summed E-state index contributed by atoms with van der Waals surface area (Å²) in [6.45, 7) is 0. The van der Waals surface area contributed by atoms with Crippen LogP contribution in [0.5, 0.6) is 0 Å². The van der Waals surface area contributed by atoms with Gasteiger partial charge in [0.2, 0.25) is 0 Å². The molecule has 0 aliphatic carbocycles. The molecule has 5 heteroatoms. The van der Waals surface area contributed by atoms with E-state index in [4.69, 9.17) is 11.6 Å². The van der Waals surface area contributed by atoms with E-state index in [1.165, 1.54) is 6.07 Å². The van der Waals surface area contributed by atoms with E-state index in [9.17, 15) is 13.2 Å². The van der Waals surface area contributed by atoms with Crippen LogP contribution in [0.4, 0.5) is 0 Å². The molecule has 1 aliphatic rings. The zero-order chi connectivity index (χ0) is 12.5. The number of carbonyl (C=O) groups excluding carboxylic acids is 1. The minimum absolute atomic E-state index is 0.115. The van der Waals surface area contributed by atoms with Crippen molar-refractivity contribution in [2.24, 2.45) is 0 Å². The van der Waals surface area contributed by atoms with E-state index in [0.717, 1.165) is 6.42 Å². The average molecular weight is 273 g/mol. The molecule has 1 fully saturated rings. The smallest absolute Gasteiger partial charge is 0.181 e. The van der Waals surface area contributed by atoms with Crippen molar-refractivity contribution in [3.63, 3.8) is 0 Å². The van der Waals surface area contributed by atoms with Gasteiger partial charge in [-0.1, -0.05) is 30.2 Å². The number of ketones is 1. The highest BCUT2D eigenvalue weighted by Crippen LogP contribution is 2.24. The first-order valence-corrected chi connectivity index (χ1v) is 7.61. The Morgan fingerprint density at radius 1 is 1.29 bits per heavy atom. The summed E-state index contributed by atoms with van der Waals surface area (Å²) in [5.41, 5.74) is 0.382. The van der Waals surface area contributed by atoms with Gasteiger partial charge in [0.1, 0.15) is 5.25 Å². The van der Waals surface area contributed by atoms with Gasteiger partial charge in [-0.3, -0.25) is 4.79 Å². The van der Waals surface area contributed by atoms with E-state index in [0.29, 0.717) is 23.4 Å². The van der Waals surface area contributed by atoms with Crippen LogP contribution >= 0.6 is 11.6 Å². The van der Waals surface area contributed by atoms with Crippen molar-refractivity contribution >= 4 is 27.2 Å². The number of sulfone groups is 1. The number of carbonyl (C=O) groups is 1.